The van der Waals surface area contributed by atoms with E-state index in [0.29, 0.717) is 12.2 Å². The van der Waals surface area contributed by atoms with Crippen LogP contribution in [0.1, 0.15) is 17.0 Å². The van der Waals surface area contributed by atoms with Gasteiger partial charge in [0.15, 0.2) is 0 Å². The first-order chi connectivity index (χ1) is 10.1. The highest BCUT2D eigenvalue weighted by Crippen LogP contribution is 2.34. The summed E-state index contributed by atoms with van der Waals surface area (Å²) in [5.41, 5.74) is 5.68. The molecule has 6 heteroatoms. The summed E-state index contributed by atoms with van der Waals surface area (Å²) < 4.78 is 27.1. The average Bonchev–Trinajstić information content (AvgIpc) is 2.48. The van der Waals surface area contributed by atoms with Crippen LogP contribution in [0.5, 0.6) is 0 Å². The zero-order chi connectivity index (χ0) is 14.9. The standard InChI is InChI=1S/C15H17N3O2S/c16-18-13-5-7-14(8-6-13)21(19,20)17-10-12-9-11-3-1-2-4-15(11)12/h1-8,12,17-18H,9-10,16H2. The number of nitrogens with two attached hydrogens (primary N) is 1. The Morgan fingerprint density at radius 3 is 2.48 bits per heavy atom. The number of benzene rings is 2. The maximum absolute atomic E-state index is 12.2. The second-order valence-corrected chi connectivity index (χ2v) is 6.89. The number of sulfonamides is 1. The number of hydrogen-bond acceptors (Lipinski definition) is 4. The van der Waals surface area contributed by atoms with E-state index in [0.717, 1.165) is 6.42 Å². The van der Waals surface area contributed by atoms with Gasteiger partial charge in [-0.3, -0.25) is 5.84 Å². The van der Waals surface area contributed by atoms with Gasteiger partial charge in [0, 0.05) is 18.2 Å². The number of hydrogen-bond donors (Lipinski definition) is 3. The van der Waals surface area contributed by atoms with Crippen LogP contribution in [0.2, 0.25) is 0 Å². The zero-order valence-corrected chi connectivity index (χ0v) is 12.2. The molecule has 2 aromatic carbocycles. The number of nitrogen functional groups attached to an aromatic ring is 1. The molecule has 0 saturated carbocycles. The van der Waals surface area contributed by atoms with Gasteiger partial charge in [0.2, 0.25) is 10.0 Å². The molecule has 0 bridgehead atoms. The van der Waals surface area contributed by atoms with Gasteiger partial charge in [-0.25, -0.2) is 13.1 Å². The van der Waals surface area contributed by atoms with Crippen molar-refractivity contribution in [2.45, 2.75) is 17.2 Å². The lowest BCUT2D eigenvalue weighted by Crippen LogP contribution is -2.33. The second-order valence-electron chi connectivity index (χ2n) is 5.12. The second kappa shape index (κ2) is 5.48. The third kappa shape index (κ3) is 2.78. The predicted octanol–water partition coefficient (Wildman–Crippen LogP) is 1.59. The number of fused-ring (bicyclic) bond motifs is 1. The van der Waals surface area contributed by atoms with Crippen molar-refractivity contribution >= 4 is 15.7 Å². The Labute approximate surface area is 124 Å². The van der Waals surface area contributed by atoms with Crippen LogP contribution in [0, 0.1) is 0 Å². The molecule has 0 aromatic heterocycles. The van der Waals surface area contributed by atoms with Crippen molar-refractivity contribution in [3.8, 4) is 0 Å². The molecule has 1 aliphatic carbocycles. The van der Waals surface area contributed by atoms with Crippen LogP contribution in [0.4, 0.5) is 5.69 Å². The first-order valence-corrected chi connectivity index (χ1v) is 8.22. The van der Waals surface area contributed by atoms with E-state index in [1.54, 1.807) is 12.1 Å². The van der Waals surface area contributed by atoms with E-state index in [2.05, 4.69) is 22.3 Å². The molecular formula is C15H17N3O2S. The number of nitrogens with one attached hydrogen (secondary N) is 2. The van der Waals surface area contributed by atoms with E-state index >= 15 is 0 Å². The first kappa shape index (κ1) is 14.1. The Morgan fingerprint density at radius 1 is 1.10 bits per heavy atom. The van der Waals surface area contributed by atoms with Gasteiger partial charge < -0.3 is 5.43 Å². The summed E-state index contributed by atoms with van der Waals surface area (Å²) in [6, 6.07) is 14.5. The van der Waals surface area contributed by atoms with E-state index in [4.69, 9.17) is 5.84 Å². The minimum Gasteiger partial charge on any atom is -0.324 e. The Balaban J connectivity index is 1.67. The Kier molecular flexibility index (Phi) is 3.67. The van der Waals surface area contributed by atoms with Crippen molar-refractivity contribution in [1.82, 2.24) is 4.72 Å². The molecule has 0 heterocycles. The SMILES string of the molecule is NNc1ccc(S(=O)(=O)NCC2Cc3ccccc32)cc1. The minimum atomic E-state index is -3.48. The van der Waals surface area contributed by atoms with Gasteiger partial charge in [-0.1, -0.05) is 24.3 Å². The van der Waals surface area contributed by atoms with E-state index in [1.807, 2.05) is 12.1 Å². The highest BCUT2D eigenvalue weighted by atomic mass is 32.2. The molecule has 1 aliphatic rings. The van der Waals surface area contributed by atoms with Crippen molar-refractivity contribution in [2.75, 3.05) is 12.0 Å². The third-order valence-corrected chi connectivity index (χ3v) is 5.25. The van der Waals surface area contributed by atoms with Crippen LogP contribution in [0.25, 0.3) is 0 Å². The van der Waals surface area contributed by atoms with Crippen molar-refractivity contribution in [3.05, 3.63) is 59.7 Å². The molecule has 0 saturated heterocycles. The number of hydrazine groups is 1. The highest BCUT2D eigenvalue weighted by Gasteiger charge is 2.26. The lowest BCUT2D eigenvalue weighted by Gasteiger charge is -2.30. The molecule has 3 rings (SSSR count). The highest BCUT2D eigenvalue weighted by molar-refractivity contribution is 7.89. The zero-order valence-electron chi connectivity index (χ0n) is 11.4. The van der Waals surface area contributed by atoms with Crippen molar-refractivity contribution < 1.29 is 8.42 Å². The summed E-state index contributed by atoms with van der Waals surface area (Å²) in [7, 11) is -3.48. The van der Waals surface area contributed by atoms with Gasteiger partial charge >= 0.3 is 0 Å². The van der Waals surface area contributed by atoms with Gasteiger partial charge in [-0.05, 0) is 41.8 Å². The predicted molar refractivity (Wildman–Crippen MR) is 82.3 cm³/mol. The van der Waals surface area contributed by atoms with Crippen LogP contribution < -0.4 is 16.0 Å². The number of rotatable bonds is 5. The van der Waals surface area contributed by atoms with Crippen molar-refractivity contribution in [1.29, 1.82) is 0 Å². The van der Waals surface area contributed by atoms with Crippen LogP contribution in [0.3, 0.4) is 0 Å². The summed E-state index contributed by atoms with van der Waals surface area (Å²) in [5.74, 6) is 5.53. The molecule has 1 atom stereocenters. The Bertz CT molecular complexity index is 742. The van der Waals surface area contributed by atoms with Crippen LogP contribution in [-0.4, -0.2) is 15.0 Å². The van der Waals surface area contributed by atoms with Gasteiger partial charge in [0.1, 0.15) is 0 Å². The lowest BCUT2D eigenvalue weighted by atomic mass is 9.78. The third-order valence-electron chi connectivity index (χ3n) is 3.81. The Hall–Kier alpha value is -1.89. The molecule has 4 N–H and O–H groups in total. The lowest BCUT2D eigenvalue weighted by molar-refractivity contribution is 0.552. The summed E-state index contributed by atoms with van der Waals surface area (Å²) in [5, 5.41) is 0. The Morgan fingerprint density at radius 2 is 1.81 bits per heavy atom. The van der Waals surface area contributed by atoms with Gasteiger partial charge in [-0.15, -0.1) is 0 Å². The molecular weight excluding hydrogens is 286 g/mol. The van der Waals surface area contributed by atoms with E-state index in [1.165, 1.54) is 23.3 Å². The molecule has 0 fully saturated rings. The fraction of sp³-hybridized carbons (Fsp3) is 0.200. The van der Waals surface area contributed by atoms with Crippen LogP contribution in [0.15, 0.2) is 53.4 Å². The molecule has 0 amide bonds. The molecule has 5 nitrogen and oxygen atoms in total. The topological polar surface area (TPSA) is 84.2 Å². The van der Waals surface area contributed by atoms with E-state index < -0.39 is 10.0 Å². The monoisotopic (exact) mass is 303 g/mol. The number of anilines is 1. The molecule has 1 unspecified atom stereocenters. The first-order valence-electron chi connectivity index (χ1n) is 6.74. The maximum Gasteiger partial charge on any atom is 0.240 e. The fourth-order valence-corrected chi connectivity index (χ4v) is 3.65. The molecule has 110 valence electrons. The van der Waals surface area contributed by atoms with Gasteiger partial charge in [0.05, 0.1) is 4.90 Å². The van der Waals surface area contributed by atoms with Crippen LogP contribution in [-0.2, 0) is 16.4 Å². The van der Waals surface area contributed by atoms with E-state index in [-0.39, 0.29) is 10.8 Å². The van der Waals surface area contributed by atoms with Crippen LogP contribution >= 0.6 is 0 Å². The maximum atomic E-state index is 12.2. The van der Waals surface area contributed by atoms with Crippen molar-refractivity contribution in [2.24, 2.45) is 5.84 Å². The van der Waals surface area contributed by atoms with Crippen molar-refractivity contribution in [3.63, 3.8) is 0 Å². The van der Waals surface area contributed by atoms with E-state index in [9.17, 15) is 8.42 Å². The molecule has 0 radical (unpaired) electrons. The molecule has 0 spiro atoms. The smallest absolute Gasteiger partial charge is 0.240 e. The van der Waals surface area contributed by atoms with Gasteiger partial charge in [0.25, 0.3) is 0 Å². The summed E-state index contributed by atoms with van der Waals surface area (Å²) in [6.07, 6.45) is 0.925. The summed E-state index contributed by atoms with van der Waals surface area (Å²) in [6.45, 7) is 0.427. The molecule has 21 heavy (non-hydrogen) atoms. The minimum absolute atomic E-state index is 0.245. The molecule has 2 aromatic rings. The summed E-state index contributed by atoms with van der Waals surface area (Å²) >= 11 is 0. The normalized spacial score (nSPS) is 16.9. The average molecular weight is 303 g/mol. The van der Waals surface area contributed by atoms with Gasteiger partial charge in [-0.2, -0.15) is 0 Å². The quantitative estimate of drug-likeness (QED) is 0.578. The fourth-order valence-electron chi connectivity index (χ4n) is 2.57. The summed E-state index contributed by atoms with van der Waals surface area (Å²) in [4.78, 5) is 0.245. The largest absolute Gasteiger partial charge is 0.324 e. The molecule has 0 aliphatic heterocycles.